The molecule has 96 valence electrons. The Morgan fingerprint density at radius 1 is 1.28 bits per heavy atom. The SMILES string of the molecule is Cn1ncc(Br)c1C(NN)c1ncc(Br)cc1Br. The average Bonchev–Trinajstić information content (AvgIpc) is 2.64. The molecule has 5 nitrogen and oxygen atoms in total. The predicted octanol–water partition coefficient (Wildman–Crippen LogP) is 2.66. The van der Waals surface area contributed by atoms with Gasteiger partial charge in [0, 0.05) is 22.2 Å². The van der Waals surface area contributed by atoms with Crippen LogP contribution < -0.4 is 11.3 Å². The van der Waals surface area contributed by atoms with Crippen molar-refractivity contribution in [2.45, 2.75) is 6.04 Å². The molecule has 0 spiro atoms. The van der Waals surface area contributed by atoms with Gasteiger partial charge >= 0.3 is 0 Å². The molecule has 0 aromatic carbocycles. The van der Waals surface area contributed by atoms with E-state index in [2.05, 4.69) is 63.3 Å². The number of nitrogens with one attached hydrogen (secondary N) is 1. The van der Waals surface area contributed by atoms with Crippen LogP contribution in [0.15, 0.2) is 31.9 Å². The molecule has 0 radical (unpaired) electrons. The molecule has 0 aliphatic rings. The second kappa shape index (κ2) is 5.79. The van der Waals surface area contributed by atoms with Gasteiger partial charge in [0.2, 0.25) is 0 Å². The first kappa shape index (κ1) is 14.1. The van der Waals surface area contributed by atoms with E-state index < -0.39 is 0 Å². The third-order valence-corrected chi connectivity index (χ3v) is 4.17. The Morgan fingerprint density at radius 2 is 2.00 bits per heavy atom. The van der Waals surface area contributed by atoms with Gasteiger partial charge in [-0.15, -0.1) is 0 Å². The Kier molecular flexibility index (Phi) is 4.54. The Balaban J connectivity index is 2.52. The van der Waals surface area contributed by atoms with Gasteiger partial charge in [0.05, 0.1) is 22.1 Å². The first-order chi connectivity index (χ1) is 8.54. The summed E-state index contributed by atoms with van der Waals surface area (Å²) in [5.74, 6) is 5.66. The molecule has 2 rings (SSSR count). The van der Waals surface area contributed by atoms with Crippen molar-refractivity contribution in [2.24, 2.45) is 12.9 Å². The van der Waals surface area contributed by atoms with E-state index >= 15 is 0 Å². The molecule has 1 atom stereocenters. The van der Waals surface area contributed by atoms with Gasteiger partial charge in [0.15, 0.2) is 0 Å². The van der Waals surface area contributed by atoms with Crippen LogP contribution in [0.2, 0.25) is 0 Å². The summed E-state index contributed by atoms with van der Waals surface area (Å²) in [5.41, 5.74) is 4.47. The Bertz CT molecular complexity index is 549. The zero-order valence-corrected chi connectivity index (χ0v) is 14.1. The van der Waals surface area contributed by atoms with Crippen LogP contribution in [-0.4, -0.2) is 14.8 Å². The summed E-state index contributed by atoms with van der Waals surface area (Å²) in [5, 5.41) is 4.18. The van der Waals surface area contributed by atoms with Crippen molar-refractivity contribution >= 4 is 47.8 Å². The molecule has 0 saturated heterocycles. The van der Waals surface area contributed by atoms with Gasteiger partial charge in [0.25, 0.3) is 0 Å². The lowest BCUT2D eigenvalue weighted by molar-refractivity contribution is 0.560. The summed E-state index contributed by atoms with van der Waals surface area (Å²) >= 11 is 10.3. The molecule has 0 amide bonds. The standard InChI is InChI=1S/C10H10Br3N5/c1-18-10(7(13)4-16-18)9(17-14)8-6(12)2-5(11)3-15-8/h2-4,9,17H,14H2,1H3. The maximum Gasteiger partial charge on any atom is 0.107 e. The summed E-state index contributed by atoms with van der Waals surface area (Å²) in [4.78, 5) is 4.39. The molecule has 2 heterocycles. The molecule has 2 aromatic rings. The summed E-state index contributed by atoms with van der Waals surface area (Å²) in [6.45, 7) is 0. The van der Waals surface area contributed by atoms with Crippen LogP contribution >= 0.6 is 47.8 Å². The fourth-order valence-electron chi connectivity index (χ4n) is 1.67. The fourth-order valence-corrected chi connectivity index (χ4v) is 3.46. The van der Waals surface area contributed by atoms with Crippen molar-refractivity contribution in [3.63, 3.8) is 0 Å². The number of nitrogens with zero attached hydrogens (tertiary/aromatic N) is 3. The van der Waals surface area contributed by atoms with E-state index in [1.807, 2.05) is 13.1 Å². The molecule has 0 bridgehead atoms. The van der Waals surface area contributed by atoms with Crippen molar-refractivity contribution in [1.82, 2.24) is 20.2 Å². The van der Waals surface area contributed by atoms with E-state index in [0.29, 0.717) is 0 Å². The highest BCUT2D eigenvalue weighted by Crippen LogP contribution is 2.31. The van der Waals surface area contributed by atoms with Gasteiger partial charge in [-0.25, -0.2) is 5.43 Å². The Hall–Kier alpha value is -0.280. The van der Waals surface area contributed by atoms with E-state index in [1.165, 1.54) is 0 Å². The second-order valence-corrected chi connectivity index (χ2v) is 6.25. The van der Waals surface area contributed by atoms with Gasteiger partial charge in [-0.1, -0.05) is 0 Å². The van der Waals surface area contributed by atoms with Crippen LogP contribution in [0.3, 0.4) is 0 Å². The van der Waals surface area contributed by atoms with Gasteiger partial charge in [-0.05, 0) is 53.9 Å². The Morgan fingerprint density at radius 3 is 2.50 bits per heavy atom. The van der Waals surface area contributed by atoms with Crippen LogP contribution in [0.25, 0.3) is 0 Å². The molecule has 0 aliphatic carbocycles. The van der Waals surface area contributed by atoms with E-state index in [0.717, 1.165) is 24.8 Å². The quantitative estimate of drug-likeness (QED) is 0.570. The molecule has 18 heavy (non-hydrogen) atoms. The molecule has 3 N–H and O–H groups in total. The lowest BCUT2D eigenvalue weighted by Crippen LogP contribution is -2.31. The highest BCUT2D eigenvalue weighted by atomic mass is 79.9. The second-order valence-electron chi connectivity index (χ2n) is 3.62. The number of aromatic nitrogens is 3. The van der Waals surface area contributed by atoms with E-state index in [9.17, 15) is 0 Å². The molecule has 8 heteroatoms. The first-order valence-electron chi connectivity index (χ1n) is 4.99. The lowest BCUT2D eigenvalue weighted by Gasteiger charge is -2.18. The van der Waals surface area contributed by atoms with Crippen molar-refractivity contribution in [3.8, 4) is 0 Å². The number of hydrogen-bond donors (Lipinski definition) is 2. The van der Waals surface area contributed by atoms with Crippen molar-refractivity contribution in [1.29, 1.82) is 0 Å². The average molecular weight is 440 g/mol. The summed E-state index contributed by atoms with van der Waals surface area (Å²) in [7, 11) is 1.86. The number of pyridine rings is 1. The molecule has 0 fully saturated rings. The largest absolute Gasteiger partial charge is 0.270 e. The highest BCUT2D eigenvalue weighted by molar-refractivity contribution is 9.11. The molecule has 0 aliphatic heterocycles. The number of nitrogens with two attached hydrogens (primary N) is 1. The number of hydrogen-bond acceptors (Lipinski definition) is 4. The molecule has 1 unspecified atom stereocenters. The summed E-state index contributed by atoms with van der Waals surface area (Å²) in [6, 6.07) is 1.67. The normalized spacial score (nSPS) is 12.7. The Labute approximate surface area is 130 Å². The van der Waals surface area contributed by atoms with Gasteiger partial charge < -0.3 is 0 Å². The topological polar surface area (TPSA) is 68.8 Å². The third kappa shape index (κ3) is 2.67. The molecule has 2 aromatic heterocycles. The van der Waals surface area contributed by atoms with E-state index in [4.69, 9.17) is 5.84 Å². The fraction of sp³-hybridized carbons (Fsp3) is 0.200. The predicted molar refractivity (Wildman–Crippen MR) is 79.7 cm³/mol. The lowest BCUT2D eigenvalue weighted by atomic mass is 10.1. The smallest absolute Gasteiger partial charge is 0.107 e. The minimum absolute atomic E-state index is 0.255. The van der Waals surface area contributed by atoms with Crippen molar-refractivity contribution in [3.05, 3.63) is 43.3 Å². The third-order valence-electron chi connectivity index (χ3n) is 2.49. The maximum atomic E-state index is 5.66. The van der Waals surface area contributed by atoms with Crippen LogP contribution in [-0.2, 0) is 7.05 Å². The van der Waals surface area contributed by atoms with Crippen LogP contribution in [0.4, 0.5) is 0 Å². The number of aryl methyl sites for hydroxylation is 1. The minimum Gasteiger partial charge on any atom is -0.270 e. The maximum absolute atomic E-state index is 5.66. The van der Waals surface area contributed by atoms with Gasteiger partial charge in [0.1, 0.15) is 6.04 Å². The number of rotatable bonds is 3. The summed E-state index contributed by atoms with van der Waals surface area (Å²) in [6.07, 6.45) is 3.46. The molecule has 0 saturated carbocycles. The van der Waals surface area contributed by atoms with Crippen molar-refractivity contribution < 1.29 is 0 Å². The zero-order valence-electron chi connectivity index (χ0n) is 9.36. The van der Waals surface area contributed by atoms with Crippen LogP contribution in [0.1, 0.15) is 17.4 Å². The van der Waals surface area contributed by atoms with E-state index in [1.54, 1.807) is 17.1 Å². The highest BCUT2D eigenvalue weighted by Gasteiger charge is 2.23. The minimum atomic E-state index is -0.255. The van der Waals surface area contributed by atoms with Crippen LogP contribution in [0, 0.1) is 0 Å². The van der Waals surface area contributed by atoms with Gasteiger partial charge in [-0.3, -0.25) is 15.5 Å². The zero-order chi connectivity index (χ0) is 13.3. The number of halogens is 3. The van der Waals surface area contributed by atoms with Crippen LogP contribution in [0.5, 0.6) is 0 Å². The molecular formula is C10H10Br3N5. The van der Waals surface area contributed by atoms with E-state index in [-0.39, 0.29) is 6.04 Å². The first-order valence-corrected chi connectivity index (χ1v) is 7.37. The summed E-state index contributed by atoms with van der Waals surface area (Å²) < 4.78 is 4.40. The number of hydrazine groups is 1. The monoisotopic (exact) mass is 437 g/mol. The van der Waals surface area contributed by atoms with Gasteiger partial charge in [-0.2, -0.15) is 5.10 Å². The molecular weight excluding hydrogens is 430 g/mol. The van der Waals surface area contributed by atoms with Crippen molar-refractivity contribution in [2.75, 3.05) is 0 Å².